The fourth-order valence-corrected chi connectivity index (χ4v) is 2.72. The number of fused-ring (bicyclic) bond motifs is 2. The lowest BCUT2D eigenvalue weighted by Crippen LogP contribution is -2.23. The van der Waals surface area contributed by atoms with Crippen LogP contribution in [0.5, 0.6) is 5.75 Å². The first kappa shape index (κ1) is 16.6. The van der Waals surface area contributed by atoms with Gasteiger partial charge in [0, 0.05) is 17.1 Å². The number of hydrogen-bond donors (Lipinski definition) is 2. The lowest BCUT2D eigenvalue weighted by Gasteiger charge is -2.05. The van der Waals surface area contributed by atoms with Crippen LogP contribution in [0.1, 0.15) is 10.4 Å². The number of benzene rings is 2. The van der Waals surface area contributed by atoms with Gasteiger partial charge in [-0.1, -0.05) is 30.0 Å². The highest BCUT2D eigenvalue weighted by Gasteiger charge is 2.06. The van der Waals surface area contributed by atoms with Crippen molar-refractivity contribution in [1.82, 2.24) is 20.3 Å². The van der Waals surface area contributed by atoms with Gasteiger partial charge in [-0.15, -0.1) is 0 Å². The minimum atomic E-state index is -0.181. The molecular formula is C21H16N4O2. The molecule has 0 fully saturated rings. The average molecular weight is 356 g/mol. The molecule has 0 atom stereocenters. The third-order valence-electron chi connectivity index (χ3n) is 4.04. The van der Waals surface area contributed by atoms with Gasteiger partial charge in [0.2, 0.25) is 0 Å². The molecule has 0 aliphatic carbocycles. The molecule has 2 aromatic carbocycles. The zero-order chi connectivity index (χ0) is 18.5. The zero-order valence-electron chi connectivity index (χ0n) is 14.4. The van der Waals surface area contributed by atoms with Crippen LogP contribution < -0.4 is 10.1 Å². The molecule has 0 aliphatic heterocycles. The van der Waals surface area contributed by atoms with Crippen LogP contribution in [-0.4, -0.2) is 34.0 Å². The van der Waals surface area contributed by atoms with Gasteiger partial charge >= 0.3 is 0 Å². The number of carbonyl (C=O) groups excluding carboxylic acids is 1. The first-order chi connectivity index (χ1) is 13.3. The van der Waals surface area contributed by atoms with Crippen LogP contribution in [0, 0.1) is 11.8 Å². The lowest BCUT2D eigenvalue weighted by atomic mass is 10.2. The molecule has 0 unspecified atom stereocenters. The van der Waals surface area contributed by atoms with Gasteiger partial charge in [0.25, 0.3) is 5.91 Å². The van der Waals surface area contributed by atoms with E-state index in [0.29, 0.717) is 11.3 Å². The molecule has 2 aromatic heterocycles. The second kappa shape index (κ2) is 7.58. The van der Waals surface area contributed by atoms with E-state index in [9.17, 15) is 4.79 Å². The van der Waals surface area contributed by atoms with E-state index in [0.717, 1.165) is 21.9 Å². The van der Waals surface area contributed by atoms with Crippen LogP contribution in [-0.2, 0) is 0 Å². The van der Waals surface area contributed by atoms with Crippen LogP contribution >= 0.6 is 0 Å². The number of para-hydroxylation sites is 1. The summed E-state index contributed by atoms with van der Waals surface area (Å²) < 4.78 is 5.69. The van der Waals surface area contributed by atoms with Crippen molar-refractivity contribution in [3.63, 3.8) is 0 Å². The topological polar surface area (TPSA) is 79.9 Å². The van der Waals surface area contributed by atoms with E-state index in [4.69, 9.17) is 4.74 Å². The van der Waals surface area contributed by atoms with E-state index in [2.05, 4.69) is 32.1 Å². The van der Waals surface area contributed by atoms with Crippen molar-refractivity contribution in [2.75, 3.05) is 13.2 Å². The Hall–Kier alpha value is -3.85. The maximum absolute atomic E-state index is 12.2. The Bertz CT molecular complexity index is 1170. The Balaban J connectivity index is 1.31. The highest BCUT2D eigenvalue weighted by molar-refractivity contribution is 5.97. The third kappa shape index (κ3) is 3.72. The Morgan fingerprint density at radius 2 is 2.04 bits per heavy atom. The fraction of sp³-hybridized carbons (Fsp3) is 0.0952. The van der Waals surface area contributed by atoms with E-state index >= 15 is 0 Å². The zero-order valence-corrected chi connectivity index (χ0v) is 14.4. The van der Waals surface area contributed by atoms with E-state index in [1.165, 1.54) is 0 Å². The summed E-state index contributed by atoms with van der Waals surface area (Å²) >= 11 is 0. The molecule has 0 aliphatic rings. The molecule has 6 nitrogen and oxygen atoms in total. The number of aromatic amines is 1. The van der Waals surface area contributed by atoms with Gasteiger partial charge in [0.15, 0.2) is 0 Å². The molecule has 0 saturated heterocycles. The molecule has 2 heterocycles. The normalized spacial score (nSPS) is 10.4. The van der Waals surface area contributed by atoms with Crippen LogP contribution in [0.3, 0.4) is 0 Å². The van der Waals surface area contributed by atoms with Gasteiger partial charge < -0.3 is 15.0 Å². The summed E-state index contributed by atoms with van der Waals surface area (Å²) in [4.78, 5) is 23.6. The Morgan fingerprint density at radius 3 is 3.00 bits per heavy atom. The highest BCUT2D eigenvalue weighted by atomic mass is 16.5. The van der Waals surface area contributed by atoms with Gasteiger partial charge in [-0.3, -0.25) is 9.78 Å². The van der Waals surface area contributed by atoms with Gasteiger partial charge in [0.05, 0.1) is 23.9 Å². The van der Waals surface area contributed by atoms with Crippen LogP contribution in [0.2, 0.25) is 0 Å². The van der Waals surface area contributed by atoms with E-state index in [1.807, 2.05) is 30.3 Å². The molecule has 0 bridgehead atoms. The summed E-state index contributed by atoms with van der Waals surface area (Å²) in [6, 6.07) is 14.9. The highest BCUT2D eigenvalue weighted by Crippen LogP contribution is 2.22. The number of pyridine rings is 1. The summed E-state index contributed by atoms with van der Waals surface area (Å²) in [7, 11) is 0. The third-order valence-corrected chi connectivity index (χ3v) is 4.04. The SMILES string of the molecule is O=C(NCC#CCOc1cccc2cccnc12)c1ccc2nc[nH]c2c1. The van der Waals surface area contributed by atoms with E-state index in [-0.39, 0.29) is 19.1 Å². The van der Waals surface area contributed by atoms with Crippen LogP contribution in [0.25, 0.3) is 21.9 Å². The Morgan fingerprint density at radius 1 is 1.11 bits per heavy atom. The van der Waals surface area contributed by atoms with Crippen molar-refractivity contribution in [2.24, 2.45) is 0 Å². The Labute approximate surface area is 155 Å². The van der Waals surface area contributed by atoms with Crippen LogP contribution in [0.15, 0.2) is 61.1 Å². The molecular weight excluding hydrogens is 340 g/mol. The summed E-state index contributed by atoms with van der Waals surface area (Å²) in [5, 5.41) is 3.79. The Kier molecular flexibility index (Phi) is 4.66. The molecule has 2 N–H and O–H groups in total. The number of nitrogens with zero attached hydrogens (tertiary/aromatic N) is 2. The van der Waals surface area contributed by atoms with Crippen molar-refractivity contribution in [3.8, 4) is 17.6 Å². The maximum atomic E-state index is 12.2. The molecule has 0 radical (unpaired) electrons. The van der Waals surface area contributed by atoms with Crippen molar-refractivity contribution in [3.05, 3.63) is 66.6 Å². The number of amides is 1. The number of carbonyl (C=O) groups is 1. The fourth-order valence-electron chi connectivity index (χ4n) is 2.72. The maximum Gasteiger partial charge on any atom is 0.252 e. The standard InChI is InChI=1S/C21H16N4O2/c26-21(16-8-9-17-18(13-16)25-14-24-17)23-10-1-2-12-27-19-7-3-5-15-6-4-11-22-20(15)19/h3-9,11,13-14H,10,12H2,(H,23,26)(H,24,25). The van der Waals surface area contributed by atoms with Gasteiger partial charge in [0.1, 0.15) is 17.9 Å². The molecule has 0 spiro atoms. The van der Waals surface area contributed by atoms with E-state index in [1.54, 1.807) is 30.7 Å². The summed E-state index contributed by atoms with van der Waals surface area (Å²) in [6.45, 7) is 0.475. The predicted molar refractivity (Wildman–Crippen MR) is 103 cm³/mol. The lowest BCUT2D eigenvalue weighted by molar-refractivity contribution is 0.0959. The second-order valence-corrected chi connectivity index (χ2v) is 5.79. The monoisotopic (exact) mass is 356 g/mol. The molecule has 0 saturated carbocycles. The molecule has 4 rings (SSSR count). The summed E-state index contributed by atoms with van der Waals surface area (Å²) in [5.74, 6) is 6.30. The second-order valence-electron chi connectivity index (χ2n) is 5.79. The average Bonchev–Trinajstić information content (AvgIpc) is 3.18. The van der Waals surface area contributed by atoms with E-state index < -0.39 is 0 Å². The summed E-state index contributed by atoms with van der Waals surface area (Å²) in [5.41, 5.74) is 3.02. The number of hydrogen-bond acceptors (Lipinski definition) is 4. The minimum absolute atomic E-state index is 0.181. The first-order valence-electron chi connectivity index (χ1n) is 8.45. The number of aromatic nitrogens is 3. The van der Waals surface area contributed by atoms with Gasteiger partial charge in [-0.25, -0.2) is 4.98 Å². The molecule has 1 amide bonds. The number of rotatable bonds is 4. The molecule has 27 heavy (non-hydrogen) atoms. The number of imidazole rings is 1. The van der Waals surface area contributed by atoms with Crippen molar-refractivity contribution in [2.45, 2.75) is 0 Å². The smallest absolute Gasteiger partial charge is 0.252 e. The number of ether oxygens (including phenoxy) is 1. The van der Waals surface area contributed by atoms with Crippen molar-refractivity contribution >= 4 is 27.8 Å². The van der Waals surface area contributed by atoms with Crippen molar-refractivity contribution in [1.29, 1.82) is 0 Å². The number of nitrogens with one attached hydrogen (secondary N) is 2. The van der Waals surface area contributed by atoms with Gasteiger partial charge in [-0.2, -0.15) is 0 Å². The number of H-pyrrole nitrogens is 1. The van der Waals surface area contributed by atoms with Crippen LogP contribution in [0.4, 0.5) is 0 Å². The predicted octanol–water partition coefficient (Wildman–Crippen LogP) is 2.92. The van der Waals surface area contributed by atoms with Crippen molar-refractivity contribution < 1.29 is 9.53 Å². The molecule has 132 valence electrons. The minimum Gasteiger partial charge on any atom is -0.479 e. The summed E-state index contributed by atoms with van der Waals surface area (Å²) in [6.07, 6.45) is 3.33. The first-order valence-corrected chi connectivity index (χ1v) is 8.45. The van der Waals surface area contributed by atoms with Gasteiger partial charge in [-0.05, 0) is 30.3 Å². The molecule has 6 heteroatoms. The largest absolute Gasteiger partial charge is 0.479 e. The quantitative estimate of drug-likeness (QED) is 0.551. The molecule has 4 aromatic rings.